The highest BCUT2D eigenvalue weighted by molar-refractivity contribution is 9.11. The molecule has 0 bridgehead atoms. The van der Waals surface area contributed by atoms with Crippen LogP contribution in [0.5, 0.6) is 0 Å². The van der Waals surface area contributed by atoms with Gasteiger partial charge in [-0.3, -0.25) is 4.79 Å². The lowest BCUT2D eigenvalue weighted by Gasteiger charge is -2.30. The Bertz CT molecular complexity index is 712. The van der Waals surface area contributed by atoms with E-state index in [-0.39, 0.29) is 5.91 Å². The summed E-state index contributed by atoms with van der Waals surface area (Å²) < 4.78 is 1.78. The van der Waals surface area contributed by atoms with Crippen molar-refractivity contribution in [3.8, 4) is 0 Å². The van der Waals surface area contributed by atoms with Gasteiger partial charge in [0, 0.05) is 21.2 Å². The van der Waals surface area contributed by atoms with E-state index in [1.165, 1.54) is 11.1 Å². The van der Waals surface area contributed by atoms with Crippen molar-refractivity contribution in [2.45, 2.75) is 19.8 Å². The van der Waals surface area contributed by atoms with Crippen LogP contribution in [0.2, 0.25) is 0 Å². The van der Waals surface area contributed by atoms with Gasteiger partial charge in [-0.2, -0.15) is 0 Å². The summed E-state index contributed by atoms with van der Waals surface area (Å²) in [4.78, 5) is 14.8. The molecular weight excluding hydrogens is 394 g/mol. The van der Waals surface area contributed by atoms with Gasteiger partial charge in [0.25, 0.3) is 5.91 Å². The van der Waals surface area contributed by atoms with E-state index in [9.17, 15) is 4.79 Å². The number of benzene rings is 2. The molecule has 21 heavy (non-hydrogen) atoms. The Morgan fingerprint density at radius 2 is 1.95 bits per heavy atom. The Balaban J connectivity index is 2.00. The van der Waals surface area contributed by atoms with Crippen LogP contribution < -0.4 is 4.90 Å². The fourth-order valence-electron chi connectivity index (χ4n) is 2.75. The highest BCUT2D eigenvalue weighted by atomic mass is 79.9. The molecule has 0 spiro atoms. The molecule has 2 aromatic carbocycles. The number of carbonyl (C=O) groups is 1. The van der Waals surface area contributed by atoms with Crippen molar-refractivity contribution < 1.29 is 4.79 Å². The average molecular weight is 409 g/mol. The van der Waals surface area contributed by atoms with E-state index in [4.69, 9.17) is 0 Å². The summed E-state index contributed by atoms with van der Waals surface area (Å²) >= 11 is 6.91. The van der Waals surface area contributed by atoms with Gasteiger partial charge in [0.05, 0.1) is 5.56 Å². The van der Waals surface area contributed by atoms with Crippen LogP contribution in [0.4, 0.5) is 5.69 Å². The zero-order valence-electron chi connectivity index (χ0n) is 11.7. The number of hydrogen-bond acceptors (Lipinski definition) is 1. The standard InChI is InChI=1S/C17H15Br2NO/c1-11-4-7-16-12(9-11)3-2-8-20(16)17(21)14-6-5-13(18)10-15(14)19/h4-7,9-10H,2-3,8H2,1H3. The molecule has 0 fully saturated rings. The number of rotatable bonds is 1. The SMILES string of the molecule is Cc1ccc2c(c1)CCCN2C(=O)c1ccc(Br)cc1Br. The second kappa shape index (κ2) is 5.93. The first-order valence-electron chi connectivity index (χ1n) is 6.93. The third kappa shape index (κ3) is 2.92. The topological polar surface area (TPSA) is 20.3 Å². The molecule has 0 radical (unpaired) electrons. The fourth-order valence-corrected chi connectivity index (χ4v) is 3.96. The van der Waals surface area contributed by atoms with Crippen LogP contribution in [0.25, 0.3) is 0 Å². The van der Waals surface area contributed by atoms with Crippen molar-refractivity contribution in [1.29, 1.82) is 0 Å². The van der Waals surface area contributed by atoms with Crippen molar-refractivity contribution in [2.75, 3.05) is 11.4 Å². The summed E-state index contributed by atoms with van der Waals surface area (Å²) in [6.45, 7) is 2.86. The molecule has 4 heteroatoms. The molecule has 0 aliphatic carbocycles. The molecule has 1 aliphatic heterocycles. The van der Waals surface area contributed by atoms with Crippen LogP contribution in [0.3, 0.4) is 0 Å². The quantitative estimate of drug-likeness (QED) is 0.641. The minimum atomic E-state index is 0.0548. The lowest BCUT2D eigenvalue weighted by Crippen LogP contribution is -2.35. The summed E-state index contributed by atoms with van der Waals surface area (Å²) in [6.07, 6.45) is 2.05. The summed E-state index contributed by atoms with van der Waals surface area (Å²) in [5.74, 6) is 0.0548. The molecule has 2 nitrogen and oxygen atoms in total. The fraction of sp³-hybridized carbons (Fsp3) is 0.235. The molecule has 108 valence electrons. The van der Waals surface area contributed by atoms with Gasteiger partial charge in [-0.05, 0) is 65.5 Å². The minimum absolute atomic E-state index is 0.0548. The Labute approximate surface area is 141 Å². The van der Waals surface area contributed by atoms with Gasteiger partial charge in [0.1, 0.15) is 0 Å². The Kier molecular flexibility index (Phi) is 4.18. The largest absolute Gasteiger partial charge is 0.308 e. The Morgan fingerprint density at radius 3 is 2.71 bits per heavy atom. The average Bonchev–Trinajstić information content (AvgIpc) is 2.45. The number of nitrogens with zero attached hydrogens (tertiary/aromatic N) is 1. The van der Waals surface area contributed by atoms with Gasteiger partial charge < -0.3 is 4.90 Å². The lowest BCUT2D eigenvalue weighted by atomic mass is 9.99. The van der Waals surface area contributed by atoms with Gasteiger partial charge in [0.2, 0.25) is 0 Å². The van der Waals surface area contributed by atoms with Gasteiger partial charge in [0.15, 0.2) is 0 Å². The second-order valence-corrected chi connectivity index (χ2v) is 7.09. The van der Waals surface area contributed by atoms with Crippen molar-refractivity contribution in [1.82, 2.24) is 0 Å². The number of halogens is 2. The van der Waals surface area contributed by atoms with E-state index in [0.29, 0.717) is 5.56 Å². The molecule has 0 saturated carbocycles. The maximum atomic E-state index is 12.9. The third-order valence-electron chi connectivity index (χ3n) is 3.76. The first-order valence-corrected chi connectivity index (χ1v) is 8.51. The first kappa shape index (κ1) is 14.8. The number of fused-ring (bicyclic) bond motifs is 1. The molecule has 1 heterocycles. The smallest absolute Gasteiger partial charge is 0.259 e. The van der Waals surface area contributed by atoms with Gasteiger partial charge >= 0.3 is 0 Å². The molecule has 0 unspecified atom stereocenters. The third-order valence-corrected chi connectivity index (χ3v) is 4.91. The predicted molar refractivity (Wildman–Crippen MR) is 93.0 cm³/mol. The highest BCUT2D eigenvalue weighted by Gasteiger charge is 2.24. The molecule has 0 saturated heterocycles. The molecule has 1 aliphatic rings. The van der Waals surface area contributed by atoms with Crippen LogP contribution in [0.15, 0.2) is 45.3 Å². The number of carbonyl (C=O) groups excluding carboxylic acids is 1. The van der Waals surface area contributed by atoms with Crippen LogP contribution in [0.1, 0.15) is 27.9 Å². The molecule has 1 amide bonds. The lowest BCUT2D eigenvalue weighted by molar-refractivity contribution is 0.0984. The van der Waals surface area contributed by atoms with Crippen LogP contribution in [0, 0.1) is 6.92 Å². The van der Waals surface area contributed by atoms with Crippen molar-refractivity contribution in [2.24, 2.45) is 0 Å². The van der Waals surface area contributed by atoms with Crippen LogP contribution >= 0.6 is 31.9 Å². The van der Waals surface area contributed by atoms with Crippen molar-refractivity contribution in [3.63, 3.8) is 0 Å². The monoisotopic (exact) mass is 407 g/mol. The van der Waals surface area contributed by atoms with Gasteiger partial charge in [-0.25, -0.2) is 0 Å². The molecule has 0 atom stereocenters. The van der Waals surface area contributed by atoms with Crippen molar-refractivity contribution in [3.05, 3.63) is 62.0 Å². The number of anilines is 1. The predicted octanol–water partition coefficient (Wildman–Crippen LogP) is 5.11. The van der Waals surface area contributed by atoms with E-state index in [2.05, 4.69) is 57.0 Å². The van der Waals surface area contributed by atoms with E-state index in [1.807, 2.05) is 23.1 Å². The summed E-state index contributed by atoms with van der Waals surface area (Å²) in [5, 5.41) is 0. The zero-order chi connectivity index (χ0) is 15.0. The van der Waals surface area contributed by atoms with Crippen LogP contribution in [-0.2, 0) is 6.42 Å². The van der Waals surface area contributed by atoms with Gasteiger partial charge in [-0.15, -0.1) is 0 Å². The maximum absolute atomic E-state index is 12.9. The van der Waals surface area contributed by atoms with E-state index >= 15 is 0 Å². The van der Waals surface area contributed by atoms with E-state index in [1.54, 1.807) is 0 Å². The summed E-state index contributed by atoms with van der Waals surface area (Å²) in [7, 11) is 0. The van der Waals surface area contributed by atoms with E-state index in [0.717, 1.165) is 34.0 Å². The second-order valence-electron chi connectivity index (χ2n) is 5.32. The minimum Gasteiger partial charge on any atom is -0.308 e. The summed E-state index contributed by atoms with van der Waals surface area (Å²) in [5.41, 5.74) is 4.26. The molecule has 0 N–H and O–H groups in total. The Hall–Kier alpha value is -1.13. The van der Waals surface area contributed by atoms with Crippen LogP contribution in [-0.4, -0.2) is 12.5 Å². The molecule has 2 aromatic rings. The number of hydrogen-bond donors (Lipinski definition) is 0. The normalized spacial score (nSPS) is 14.0. The maximum Gasteiger partial charge on any atom is 0.259 e. The van der Waals surface area contributed by atoms with Gasteiger partial charge in [-0.1, -0.05) is 33.6 Å². The Morgan fingerprint density at radius 1 is 1.14 bits per heavy atom. The zero-order valence-corrected chi connectivity index (χ0v) is 14.9. The van der Waals surface area contributed by atoms with E-state index < -0.39 is 0 Å². The van der Waals surface area contributed by atoms with Crippen molar-refractivity contribution >= 4 is 43.5 Å². The first-order chi connectivity index (χ1) is 10.1. The molecule has 3 rings (SSSR count). The summed E-state index contributed by atoms with van der Waals surface area (Å²) in [6, 6.07) is 12.0. The number of aryl methyl sites for hydroxylation is 2. The molecule has 0 aromatic heterocycles. The number of amides is 1. The highest BCUT2D eigenvalue weighted by Crippen LogP contribution is 2.31. The molecular formula is C17H15Br2NO.